The van der Waals surface area contributed by atoms with E-state index in [1.54, 1.807) is 23.1 Å². The van der Waals surface area contributed by atoms with Crippen molar-refractivity contribution in [1.29, 1.82) is 0 Å². The maximum atomic E-state index is 12.7. The molecule has 0 spiro atoms. The number of aromatic hydroxyl groups is 1. The predicted octanol–water partition coefficient (Wildman–Crippen LogP) is 2.61. The van der Waals surface area contributed by atoms with Crippen molar-refractivity contribution in [1.82, 2.24) is 15.5 Å². The molecular weight excluding hydrogens is 366 g/mol. The number of phenols is 1. The first-order valence-corrected chi connectivity index (χ1v) is 10.3. The molecule has 2 heterocycles. The van der Waals surface area contributed by atoms with Crippen molar-refractivity contribution in [3.63, 3.8) is 0 Å². The second-order valence-electron chi connectivity index (χ2n) is 7.85. The van der Waals surface area contributed by atoms with Gasteiger partial charge in [0.05, 0.1) is 11.6 Å². The number of amides is 2. The van der Waals surface area contributed by atoms with Gasteiger partial charge in [-0.3, -0.25) is 14.9 Å². The molecule has 2 aliphatic heterocycles. The van der Waals surface area contributed by atoms with Gasteiger partial charge in [0, 0.05) is 25.2 Å². The van der Waals surface area contributed by atoms with Crippen LogP contribution in [0.1, 0.15) is 47.6 Å². The number of hydrogen-bond acceptors (Lipinski definition) is 4. The second-order valence-corrected chi connectivity index (χ2v) is 7.85. The Morgan fingerprint density at radius 1 is 0.931 bits per heavy atom. The Balaban J connectivity index is 1.26. The van der Waals surface area contributed by atoms with Gasteiger partial charge < -0.3 is 15.3 Å². The number of carbonyl (C=O) groups excluding carboxylic acids is 2. The molecule has 2 aromatic carbocycles. The van der Waals surface area contributed by atoms with Crippen molar-refractivity contribution in [3.8, 4) is 5.75 Å². The van der Waals surface area contributed by atoms with Crippen molar-refractivity contribution < 1.29 is 14.7 Å². The Kier molecular flexibility index (Phi) is 5.81. The summed E-state index contributed by atoms with van der Waals surface area (Å²) < 4.78 is 0. The molecule has 6 nitrogen and oxygen atoms in total. The minimum absolute atomic E-state index is 0.00760. The van der Waals surface area contributed by atoms with E-state index in [9.17, 15) is 14.7 Å². The Morgan fingerprint density at radius 2 is 1.62 bits per heavy atom. The van der Waals surface area contributed by atoms with Crippen LogP contribution in [0.5, 0.6) is 5.75 Å². The lowest BCUT2D eigenvalue weighted by atomic mass is 10.0. The van der Waals surface area contributed by atoms with E-state index in [1.165, 1.54) is 11.6 Å². The molecule has 2 aliphatic rings. The average molecular weight is 393 g/mol. The highest BCUT2D eigenvalue weighted by Crippen LogP contribution is 2.27. The molecule has 2 amide bonds. The second kappa shape index (κ2) is 8.66. The molecule has 2 aromatic rings. The molecular formula is C23H27N3O3. The number of phenolic OH excluding ortho intramolecular Hbond substituents is 1. The molecule has 2 fully saturated rings. The zero-order chi connectivity index (χ0) is 20.2. The van der Waals surface area contributed by atoms with Crippen LogP contribution in [0.4, 0.5) is 0 Å². The van der Waals surface area contributed by atoms with Gasteiger partial charge in [0.25, 0.3) is 5.91 Å². The highest BCUT2D eigenvalue weighted by atomic mass is 16.3. The molecule has 29 heavy (non-hydrogen) atoms. The smallest absolute Gasteiger partial charge is 0.257 e. The Labute approximate surface area is 170 Å². The first kappa shape index (κ1) is 19.5. The van der Waals surface area contributed by atoms with Crippen molar-refractivity contribution in [2.75, 3.05) is 13.1 Å². The van der Waals surface area contributed by atoms with E-state index in [-0.39, 0.29) is 35.7 Å². The van der Waals surface area contributed by atoms with E-state index >= 15 is 0 Å². The average Bonchev–Trinajstić information content (AvgIpc) is 3.25. The molecule has 0 unspecified atom stereocenters. The van der Waals surface area contributed by atoms with Crippen LogP contribution in [-0.4, -0.2) is 47.0 Å². The number of benzene rings is 2. The summed E-state index contributed by atoms with van der Waals surface area (Å²) in [6.45, 7) is 1.14. The normalized spacial score (nSPS) is 22.4. The van der Waals surface area contributed by atoms with Gasteiger partial charge in [-0.1, -0.05) is 42.5 Å². The van der Waals surface area contributed by atoms with Crippen LogP contribution in [0.2, 0.25) is 0 Å². The molecule has 0 radical (unpaired) electrons. The molecule has 0 saturated carbocycles. The first-order chi connectivity index (χ1) is 14.1. The monoisotopic (exact) mass is 393 g/mol. The topological polar surface area (TPSA) is 81.7 Å². The fraction of sp³-hybridized carbons (Fsp3) is 0.391. The highest BCUT2D eigenvalue weighted by molar-refractivity contribution is 5.96. The van der Waals surface area contributed by atoms with Gasteiger partial charge >= 0.3 is 0 Å². The van der Waals surface area contributed by atoms with Crippen LogP contribution in [0.3, 0.4) is 0 Å². The van der Waals surface area contributed by atoms with Gasteiger partial charge in [0.2, 0.25) is 5.91 Å². The SMILES string of the molecule is O=C(NC1CCN(C(=O)c2ccccc2O)CC1)[C@@H]1CC[C@@H](c2ccccc2)N1. The standard InChI is InChI=1S/C23H27N3O3/c27-21-9-5-4-8-18(21)23(29)26-14-12-17(13-15-26)24-22(28)20-11-10-19(25-20)16-6-2-1-3-7-16/h1-9,17,19-20,25,27H,10-15H2,(H,24,28)/t19-,20-/m0/s1. The maximum absolute atomic E-state index is 12.7. The van der Waals surface area contributed by atoms with Gasteiger partial charge in [0.15, 0.2) is 0 Å². The van der Waals surface area contributed by atoms with Gasteiger partial charge in [0.1, 0.15) is 5.75 Å². The van der Waals surface area contributed by atoms with Crippen LogP contribution in [-0.2, 0) is 4.79 Å². The quantitative estimate of drug-likeness (QED) is 0.746. The number of carbonyl (C=O) groups is 2. The van der Waals surface area contributed by atoms with Crippen molar-refractivity contribution in [2.45, 2.75) is 43.8 Å². The van der Waals surface area contributed by atoms with E-state index in [1.807, 2.05) is 18.2 Å². The summed E-state index contributed by atoms with van der Waals surface area (Å²) in [5.74, 6) is -0.0989. The van der Waals surface area contributed by atoms with E-state index in [0.29, 0.717) is 18.7 Å². The summed E-state index contributed by atoms with van der Waals surface area (Å²) >= 11 is 0. The highest BCUT2D eigenvalue weighted by Gasteiger charge is 2.32. The number of para-hydroxylation sites is 1. The lowest BCUT2D eigenvalue weighted by molar-refractivity contribution is -0.123. The Morgan fingerprint density at radius 3 is 2.34 bits per heavy atom. The molecule has 4 rings (SSSR count). The molecule has 6 heteroatoms. The number of rotatable bonds is 4. The van der Waals surface area contributed by atoms with Crippen LogP contribution < -0.4 is 10.6 Å². The van der Waals surface area contributed by atoms with E-state index in [4.69, 9.17) is 0 Å². The fourth-order valence-electron chi connectivity index (χ4n) is 4.25. The summed E-state index contributed by atoms with van der Waals surface area (Å²) in [5.41, 5.74) is 1.55. The summed E-state index contributed by atoms with van der Waals surface area (Å²) in [5, 5.41) is 16.5. The van der Waals surface area contributed by atoms with Crippen LogP contribution in [0.15, 0.2) is 54.6 Å². The van der Waals surface area contributed by atoms with Gasteiger partial charge in [-0.15, -0.1) is 0 Å². The molecule has 2 saturated heterocycles. The molecule has 3 N–H and O–H groups in total. The summed E-state index contributed by atoms with van der Waals surface area (Å²) in [4.78, 5) is 27.0. The van der Waals surface area contributed by atoms with Crippen LogP contribution in [0, 0.1) is 0 Å². The van der Waals surface area contributed by atoms with Crippen LogP contribution >= 0.6 is 0 Å². The molecule has 0 bridgehead atoms. The van der Waals surface area contributed by atoms with Crippen molar-refractivity contribution in [2.24, 2.45) is 0 Å². The molecule has 152 valence electrons. The minimum atomic E-state index is -0.166. The van der Waals surface area contributed by atoms with Gasteiger partial charge in [-0.05, 0) is 43.4 Å². The van der Waals surface area contributed by atoms with Gasteiger partial charge in [-0.25, -0.2) is 0 Å². The Hall–Kier alpha value is -2.86. The van der Waals surface area contributed by atoms with Crippen molar-refractivity contribution in [3.05, 3.63) is 65.7 Å². The number of nitrogens with zero attached hydrogens (tertiary/aromatic N) is 1. The number of likely N-dealkylation sites (tertiary alicyclic amines) is 1. The third-order valence-electron chi connectivity index (χ3n) is 5.93. The third kappa shape index (κ3) is 4.43. The third-order valence-corrected chi connectivity index (χ3v) is 5.93. The zero-order valence-electron chi connectivity index (χ0n) is 16.4. The maximum Gasteiger partial charge on any atom is 0.257 e. The minimum Gasteiger partial charge on any atom is -0.507 e. The van der Waals surface area contributed by atoms with E-state index in [0.717, 1.165) is 25.7 Å². The Bertz CT molecular complexity index is 863. The molecule has 0 aliphatic carbocycles. The summed E-state index contributed by atoms with van der Waals surface area (Å²) in [6.07, 6.45) is 3.23. The lowest BCUT2D eigenvalue weighted by Gasteiger charge is -2.33. The number of piperidine rings is 1. The van der Waals surface area contributed by atoms with E-state index < -0.39 is 0 Å². The van der Waals surface area contributed by atoms with E-state index in [2.05, 4.69) is 22.8 Å². The summed E-state index contributed by atoms with van der Waals surface area (Å²) in [6, 6.07) is 17.0. The number of hydrogen-bond donors (Lipinski definition) is 3. The molecule has 2 atom stereocenters. The van der Waals surface area contributed by atoms with Crippen molar-refractivity contribution >= 4 is 11.8 Å². The predicted molar refractivity (Wildman–Crippen MR) is 111 cm³/mol. The first-order valence-electron chi connectivity index (χ1n) is 10.3. The summed E-state index contributed by atoms with van der Waals surface area (Å²) in [7, 11) is 0. The molecule has 0 aromatic heterocycles. The number of nitrogens with one attached hydrogen (secondary N) is 2. The fourth-order valence-corrected chi connectivity index (χ4v) is 4.25. The lowest BCUT2D eigenvalue weighted by Crippen LogP contribution is -2.50. The van der Waals surface area contributed by atoms with Gasteiger partial charge in [-0.2, -0.15) is 0 Å². The van der Waals surface area contributed by atoms with Crippen LogP contribution in [0.25, 0.3) is 0 Å². The zero-order valence-corrected chi connectivity index (χ0v) is 16.4. The largest absolute Gasteiger partial charge is 0.507 e.